The van der Waals surface area contributed by atoms with E-state index in [4.69, 9.17) is 21.9 Å². The van der Waals surface area contributed by atoms with Crippen LogP contribution in [0.4, 0.5) is 0 Å². The maximum atomic E-state index is 12.0. The lowest BCUT2D eigenvalue weighted by atomic mass is 10.2. The molecule has 9 heteroatoms. The van der Waals surface area contributed by atoms with Crippen LogP contribution >= 0.6 is 11.6 Å². The number of carbonyl (C=O) groups excluding carboxylic acids is 1. The Balaban J connectivity index is 1.52. The average molecular weight is 423 g/mol. The highest BCUT2D eigenvalue weighted by molar-refractivity contribution is 6.38. The van der Waals surface area contributed by atoms with Gasteiger partial charge in [0, 0.05) is 5.39 Å². The van der Waals surface area contributed by atoms with E-state index in [0.717, 1.165) is 35.1 Å². The minimum Gasteiger partial charge on any atom is -0.349 e. The summed E-state index contributed by atoms with van der Waals surface area (Å²) in [6, 6.07) is 11.6. The van der Waals surface area contributed by atoms with Crippen LogP contribution in [-0.2, 0) is 11.3 Å². The van der Waals surface area contributed by atoms with Crippen molar-refractivity contribution in [1.82, 2.24) is 25.0 Å². The molecule has 30 heavy (non-hydrogen) atoms. The monoisotopic (exact) mass is 422 g/mol. The van der Waals surface area contributed by atoms with Crippen molar-refractivity contribution in [2.45, 2.75) is 31.8 Å². The third-order valence-electron chi connectivity index (χ3n) is 5.28. The number of halogens is 1. The van der Waals surface area contributed by atoms with Crippen LogP contribution in [0.15, 0.2) is 47.1 Å². The second kappa shape index (κ2) is 6.93. The van der Waals surface area contributed by atoms with Gasteiger partial charge in [-0.25, -0.2) is 0 Å². The van der Waals surface area contributed by atoms with Crippen molar-refractivity contribution in [3.8, 4) is 17.3 Å². The van der Waals surface area contributed by atoms with Crippen molar-refractivity contribution in [2.75, 3.05) is 0 Å². The van der Waals surface area contributed by atoms with Crippen molar-refractivity contribution in [3.63, 3.8) is 0 Å². The molecule has 1 saturated carbocycles. The molecule has 8 nitrogen and oxygen atoms in total. The molecular formula is C21H19ClN6O2. The van der Waals surface area contributed by atoms with Crippen molar-refractivity contribution in [1.29, 1.82) is 0 Å². The van der Waals surface area contributed by atoms with Crippen LogP contribution in [0.3, 0.4) is 0 Å². The molecular weight excluding hydrogens is 404 g/mol. The van der Waals surface area contributed by atoms with E-state index in [1.54, 1.807) is 13.1 Å². The summed E-state index contributed by atoms with van der Waals surface area (Å²) in [4.78, 5) is 20.9. The zero-order valence-corrected chi connectivity index (χ0v) is 17.0. The number of aromatic nitrogens is 4. The highest BCUT2D eigenvalue weighted by Crippen LogP contribution is 2.39. The Kier molecular flexibility index (Phi) is 4.34. The largest absolute Gasteiger partial charge is 0.349 e. The van der Waals surface area contributed by atoms with Gasteiger partial charge in [0.15, 0.2) is 5.82 Å². The van der Waals surface area contributed by atoms with Crippen LogP contribution in [0.2, 0.25) is 5.02 Å². The summed E-state index contributed by atoms with van der Waals surface area (Å²) in [6.45, 7) is 2.08. The number of carbonyl (C=O) groups is 1. The number of nitrogens with two attached hydrogens (primary N) is 1. The van der Waals surface area contributed by atoms with Crippen molar-refractivity contribution >= 4 is 28.4 Å². The Morgan fingerprint density at radius 2 is 2.10 bits per heavy atom. The number of benzene rings is 1. The highest BCUT2D eigenvalue weighted by Gasteiger charge is 2.45. The normalized spacial score (nSPS) is 14.8. The molecule has 1 amide bonds. The highest BCUT2D eigenvalue weighted by atomic mass is 35.5. The van der Waals surface area contributed by atoms with Crippen LogP contribution in [0.5, 0.6) is 0 Å². The lowest BCUT2D eigenvalue weighted by Gasteiger charge is -2.11. The summed E-state index contributed by atoms with van der Waals surface area (Å²) >= 11 is 6.69. The fourth-order valence-corrected chi connectivity index (χ4v) is 3.74. The number of rotatable bonds is 5. The molecule has 0 saturated heterocycles. The smallest absolute Gasteiger partial charge is 0.276 e. The first kappa shape index (κ1) is 18.8. The van der Waals surface area contributed by atoms with Gasteiger partial charge in [-0.2, -0.15) is 4.98 Å². The van der Waals surface area contributed by atoms with E-state index in [9.17, 15) is 4.79 Å². The Bertz CT molecular complexity index is 1260. The number of amides is 1. The molecule has 1 aromatic carbocycles. The number of pyridine rings is 1. The Labute approximate surface area is 177 Å². The number of fused-ring (bicyclic) bond motifs is 1. The molecule has 0 radical (unpaired) electrons. The van der Waals surface area contributed by atoms with E-state index in [-0.39, 0.29) is 5.91 Å². The van der Waals surface area contributed by atoms with Crippen LogP contribution < -0.4 is 11.1 Å². The fraction of sp³-hybridized carbons (Fsp3) is 0.238. The SMILES string of the molecule is Cc1noc(-c2c(Cl)c3ccccc3n2-c2ccc(CNC(=O)C3(N)CC3)nc2)n1. The van der Waals surface area contributed by atoms with E-state index in [0.29, 0.717) is 29.0 Å². The first-order valence-corrected chi connectivity index (χ1v) is 9.96. The Hall–Kier alpha value is -3.23. The lowest BCUT2D eigenvalue weighted by Crippen LogP contribution is -2.42. The molecule has 152 valence electrons. The third kappa shape index (κ3) is 3.14. The predicted octanol–water partition coefficient (Wildman–Crippen LogP) is 3.14. The van der Waals surface area contributed by atoms with Gasteiger partial charge in [-0.1, -0.05) is 35.0 Å². The molecule has 3 heterocycles. The average Bonchev–Trinajstić information content (AvgIpc) is 3.26. The van der Waals surface area contributed by atoms with Gasteiger partial charge in [0.05, 0.1) is 40.2 Å². The van der Waals surface area contributed by atoms with Gasteiger partial charge >= 0.3 is 0 Å². The topological polar surface area (TPSA) is 112 Å². The Morgan fingerprint density at radius 3 is 2.77 bits per heavy atom. The molecule has 4 aromatic rings. The summed E-state index contributed by atoms with van der Waals surface area (Å²) < 4.78 is 7.35. The molecule has 0 spiro atoms. The molecule has 0 aliphatic heterocycles. The quantitative estimate of drug-likeness (QED) is 0.511. The summed E-state index contributed by atoms with van der Waals surface area (Å²) in [5.74, 6) is 0.726. The summed E-state index contributed by atoms with van der Waals surface area (Å²) in [5, 5.41) is 8.15. The molecule has 3 N–H and O–H groups in total. The molecule has 1 aliphatic carbocycles. The molecule has 1 aliphatic rings. The van der Waals surface area contributed by atoms with Crippen LogP contribution in [0, 0.1) is 6.92 Å². The van der Waals surface area contributed by atoms with E-state index in [2.05, 4.69) is 20.4 Å². The first-order chi connectivity index (χ1) is 14.5. The second-order valence-electron chi connectivity index (χ2n) is 7.51. The number of nitrogens with one attached hydrogen (secondary N) is 1. The van der Waals surface area contributed by atoms with Gasteiger partial charge in [0.1, 0.15) is 5.69 Å². The molecule has 0 atom stereocenters. The third-order valence-corrected chi connectivity index (χ3v) is 5.66. The summed E-state index contributed by atoms with van der Waals surface area (Å²) in [6.07, 6.45) is 3.18. The molecule has 0 unspecified atom stereocenters. The second-order valence-corrected chi connectivity index (χ2v) is 7.89. The molecule has 3 aromatic heterocycles. The first-order valence-electron chi connectivity index (χ1n) is 9.58. The predicted molar refractivity (Wildman–Crippen MR) is 112 cm³/mol. The van der Waals surface area contributed by atoms with Gasteiger partial charge in [-0.15, -0.1) is 0 Å². The van der Waals surface area contributed by atoms with Crippen molar-refractivity contribution in [2.24, 2.45) is 5.73 Å². The van der Waals surface area contributed by atoms with Gasteiger partial charge in [0.2, 0.25) is 5.91 Å². The summed E-state index contributed by atoms with van der Waals surface area (Å²) in [7, 11) is 0. The molecule has 1 fully saturated rings. The lowest BCUT2D eigenvalue weighted by molar-refractivity contribution is -0.123. The number of aryl methyl sites for hydroxylation is 1. The van der Waals surface area contributed by atoms with Crippen molar-refractivity contribution < 1.29 is 9.32 Å². The zero-order valence-electron chi connectivity index (χ0n) is 16.2. The van der Waals surface area contributed by atoms with Crippen LogP contribution in [0.25, 0.3) is 28.2 Å². The van der Waals surface area contributed by atoms with Gasteiger partial charge in [0.25, 0.3) is 5.89 Å². The van der Waals surface area contributed by atoms with E-state index < -0.39 is 5.54 Å². The summed E-state index contributed by atoms with van der Waals surface area (Å²) in [5.41, 5.74) is 8.25. The Morgan fingerprint density at radius 1 is 1.30 bits per heavy atom. The number of hydrogen-bond acceptors (Lipinski definition) is 6. The van der Waals surface area contributed by atoms with E-state index in [1.807, 2.05) is 41.0 Å². The number of para-hydroxylation sites is 1. The minimum absolute atomic E-state index is 0.134. The number of hydrogen-bond donors (Lipinski definition) is 2. The van der Waals surface area contributed by atoms with Gasteiger partial charge in [-0.05, 0) is 38.0 Å². The minimum atomic E-state index is -0.697. The van der Waals surface area contributed by atoms with Crippen LogP contribution in [-0.4, -0.2) is 31.1 Å². The maximum absolute atomic E-state index is 12.0. The molecule has 0 bridgehead atoms. The maximum Gasteiger partial charge on any atom is 0.276 e. The van der Waals surface area contributed by atoms with Gasteiger partial charge in [-0.3, -0.25) is 9.78 Å². The number of nitrogens with zero attached hydrogens (tertiary/aromatic N) is 4. The zero-order chi connectivity index (χ0) is 20.9. The van der Waals surface area contributed by atoms with Crippen LogP contribution in [0.1, 0.15) is 24.4 Å². The van der Waals surface area contributed by atoms with Gasteiger partial charge < -0.3 is 20.1 Å². The van der Waals surface area contributed by atoms with E-state index >= 15 is 0 Å². The standard InChI is InChI=1S/C21H19ClN6O2/c1-12-26-19(30-27-12)18-17(22)15-4-2-3-5-16(15)28(18)14-7-6-13(24-11-14)10-25-20(29)21(23)8-9-21/h2-7,11H,8-10,23H2,1H3,(H,25,29). The molecule has 5 rings (SSSR count). The van der Waals surface area contributed by atoms with E-state index in [1.165, 1.54) is 0 Å². The van der Waals surface area contributed by atoms with Crippen molar-refractivity contribution in [3.05, 3.63) is 59.1 Å². The fourth-order valence-electron chi connectivity index (χ4n) is 3.41.